The van der Waals surface area contributed by atoms with Gasteiger partial charge in [-0.2, -0.15) is 0 Å². The first kappa shape index (κ1) is 13.6. The molecule has 1 aliphatic heterocycles. The first-order valence-corrected chi connectivity index (χ1v) is 7.04. The lowest BCUT2D eigenvalue weighted by molar-refractivity contribution is -0.126. The van der Waals surface area contributed by atoms with Gasteiger partial charge >= 0.3 is 0 Å². The number of amides is 1. The fourth-order valence-corrected chi connectivity index (χ4v) is 2.57. The van der Waals surface area contributed by atoms with Crippen molar-refractivity contribution in [2.75, 3.05) is 18.0 Å². The maximum atomic E-state index is 12.7. The molecule has 0 saturated heterocycles. The van der Waals surface area contributed by atoms with E-state index in [0.717, 1.165) is 22.6 Å². The van der Waals surface area contributed by atoms with Crippen molar-refractivity contribution in [2.45, 2.75) is 13.0 Å². The van der Waals surface area contributed by atoms with Crippen LogP contribution in [0.25, 0.3) is 0 Å². The van der Waals surface area contributed by atoms with Gasteiger partial charge in [0.1, 0.15) is 5.75 Å². The SMILES string of the molecule is Cc1ccc2c(c1)OC(c1ccccc1)C(=O)N2CCN. The minimum absolute atomic E-state index is 0.0667. The van der Waals surface area contributed by atoms with Gasteiger partial charge in [-0.1, -0.05) is 36.4 Å². The quantitative estimate of drug-likeness (QED) is 0.940. The van der Waals surface area contributed by atoms with Gasteiger partial charge in [0.15, 0.2) is 0 Å². The van der Waals surface area contributed by atoms with Gasteiger partial charge in [-0.05, 0) is 24.6 Å². The van der Waals surface area contributed by atoms with E-state index in [1.54, 1.807) is 4.90 Å². The minimum atomic E-state index is -0.605. The van der Waals surface area contributed by atoms with E-state index in [9.17, 15) is 4.79 Å². The smallest absolute Gasteiger partial charge is 0.272 e. The predicted octanol–water partition coefficient (Wildman–Crippen LogP) is 2.42. The summed E-state index contributed by atoms with van der Waals surface area (Å²) in [6.07, 6.45) is -0.605. The zero-order valence-electron chi connectivity index (χ0n) is 12.0. The summed E-state index contributed by atoms with van der Waals surface area (Å²) in [6.45, 7) is 2.91. The maximum absolute atomic E-state index is 12.7. The first-order valence-electron chi connectivity index (χ1n) is 7.04. The van der Waals surface area contributed by atoms with Gasteiger partial charge in [-0.3, -0.25) is 4.79 Å². The lowest BCUT2D eigenvalue weighted by Crippen LogP contribution is -2.43. The van der Waals surface area contributed by atoms with Crippen LogP contribution in [0.4, 0.5) is 5.69 Å². The largest absolute Gasteiger partial charge is 0.474 e. The van der Waals surface area contributed by atoms with Gasteiger partial charge in [-0.25, -0.2) is 0 Å². The second-order valence-electron chi connectivity index (χ2n) is 5.16. The number of hydrogen-bond donors (Lipinski definition) is 1. The van der Waals surface area contributed by atoms with Crippen LogP contribution < -0.4 is 15.4 Å². The van der Waals surface area contributed by atoms with E-state index in [-0.39, 0.29) is 5.91 Å². The molecule has 2 N–H and O–H groups in total. The normalized spacial score (nSPS) is 17.3. The number of anilines is 1. The second kappa shape index (κ2) is 5.58. The summed E-state index contributed by atoms with van der Waals surface area (Å²) in [7, 11) is 0. The number of hydrogen-bond acceptors (Lipinski definition) is 3. The van der Waals surface area contributed by atoms with Crippen molar-refractivity contribution < 1.29 is 9.53 Å². The van der Waals surface area contributed by atoms with Gasteiger partial charge in [-0.15, -0.1) is 0 Å². The molecule has 0 aliphatic carbocycles. The zero-order chi connectivity index (χ0) is 14.8. The average molecular weight is 282 g/mol. The molecule has 1 unspecified atom stereocenters. The van der Waals surface area contributed by atoms with Crippen molar-refractivity contribution in [3.63, 3.8) is 0 Å². The Kier molecular flexibility index (Phi) is 3.62. The van der Waals surface area contributed by atoms with E-state index in [0.29, 0.717) is 13.1 Å². The van der Waals surface area contributed by atoms with Crippen LogP contribution in [0.15, 0.2) is 48.5 Å². The molecule has 0 aromatic heterocycles. The first-order chi connectivity index (χ1) is 10.2. The van der Waals surface area contributed by atoms with Crippen LogP contribution in [-0.4, -0.2) is 19.0 Å². The summed E-state index contributed by atoms with van der Waals surface area (Å²) in [4.78, 5) is 14.4. The van der Waals surface area contributed by atoms with Crippen LogP contribution in [-0.2, 0) is 4.79 Å². The van der Waals surface area contributed by atoms with Crippen LogP contribution in [0.2, 0.25) is 0 Å². The molecule has 2 aromatic carbocycles. The number of fused-ring (bicyclic) bond motifs is 1. The highest BCUT2D eigenvalue weighted by Crippen LogP contribution is 2.39. The lowest BCUT2D eigenvalue weighted by atomic mass is 10.0. The number of benzene rings is 2. The molecule has 1 aliphatic rings. The predicted molar refractivity (Wildman–Crippen MR) is 82.4 cm³/mol. The highest BCUT2D eigenvalue weighted by Gasteiger charge is 2.34. The molecular formula is C17H18N2O2. The lowest BCUT2D eigenvalue weighted by Gasteiger charge is -2.34. The monoisotopic (exact) mass is 282 g/mol. The van der Waals surface area contributed by atoms with Gasteiger partial charge in [0.25, 0.3) is 5.91 Å². The molecule has 1 heterocycles. The number of nitrogens with zero attached hydrogens (tertiary/aromatic N) is 1. The molecule has 21 heavy (non-hydrogen) atoms. The number of carbonyl (C=O) groups excluding carboxylic acids is 1. The van der Waals surface area contributed by atoms with E-state index in [2.05, 4.69) is 0 Å². The molecule has 4 heteroatoms. The van der Waals surface area contributed by atoms with Gasteiger partial charge in [0.2, 0.25) is 6.10 Å². The van der Waals surface area contributed by atoms with Gasteiger partial charge in [0.05, 0.1) is 5.69 Å². The summed E-state index contributed by atoms with van der Waals surface area (Å²) in [5.41, 5.74) is 8.41. The van der Waals surface area contributed by atoms with Crippen molar-refractivity contribution in [3.8, 4) is 5.75 Å². The van der Waals surface area contributed by atoms with Crippen molar-refractivity contribution in [1.82, 2.24) is 0 Å². The topological polar surface area (TPSA) is 55.6 Å². The van der Waals surface area contributed by atoms with Crippen LogP contribution in [0.5, 0.6) is 5.75 Å². The highest BCUT2D eigenvalue weighted by molar-refractivity contribution is 6.00. The Morgan fingerprint density at radius 2 is 1.95 bits per heavy atom. The number of rotatable bonds is 3. The third-order valence-electron chi connectivity index (χ3n) is 3.60. The van der Waals surface area contributed by atoms with E-state index in [1.165, 1.54) is 0 Å². The number of carbonyl (C=O) groups is 1. The molecular weight excluding hydrogens is 264 g/mol. The van der Waals surface area contributed by atoms with Crippen LogP contribution in [0, 0.1) is 6.92 Å². The van der Waals surface area contributed by atoms with E-state index in [1.807, 2.05) is 55.5 Å². The molecule has 3 rings (SSSR count). The van der Waals surface area contributed by atoms with E-state index in [4.69, 9.17) is 10.5 Å². The molecule has 108 valence electrons. The van der Waals surface area contributed by atoms with Crippen molar-refractivity contribution in [1.29, 1.82) is 0 Å². The number of nitrogens with two attached hydrogens (primary N) is 1. The Balaban J connectivity index is 2.05. The Morgan fingerprint density at radius 1 is 1.19 bits per heavy atom. The summed E-state index contributed by atoms with van der Waals surface area (Å²) in [5.74, 6) is 0.667. The molecule has 4 nitrogen and oxygen atoms in total. The average Bonchev–Trinajstić information content (AvgIpc) is 2.51. The summed E-state index contributed by atoms with van der Waals surface area (Å²) in [6, 6.07) is 15.4. The van der Waals surface area contributed by atoms with Crippen molar-refractivity contribution in [3.05, 3.63) is 59.7 Å². The molecule has 0 radical (unpaired) electrons. The van der Waals surface area contributed by atoms with Crippen molar-refractivity contribution in [2.24, 2.45) is 5.73 Å². The molecule has 1 atom stereocenters. The summed E-state index contributed by atoms with van der Waals surface area (Å²) >= 11 is 0. The maximum Gasteiger partial charge on any atom is 0.272 e. The van der Waals surface area contributed by atoms with Crippen LogP contribution >= 0.6 is 0 Å². The zero-order valence-corrected chi connectivity index (χ0v) is 12.0. The Bertz CT molecular complexity index is 655. The van der Waals surface area contributed by atoms with E-state index >= 15 is 0 Å². The van der Waals surface area contributed by atoms with Crippen molar-refractivity contribution >= 4 is 11.6 Å². The minimum Gasteiger partial charge on any atom is -0.474 e. The van der Waals surface area contributed by atoms with Gasteiger partial charge < -0.3 is 15.4 Å². The fraction of sp³-hybridized carbons (Fsp3) is 0.235. The van der Waals surface area contributed by atoms with E-state index < -0.39 is 6.10 Å². The summed E-state index contributed by atoms with van der Waals surface area (Å²) < 4.78 is 5.96. The molecule has 0 fully saturated rings. The highest BCUT2D eigenvalue weighted by atomic mass is 16.5. The van der Waals surface area contributed by atoms with Crippen LogP contribution in [0.3, 0.4) is 0 Å². The third-order valence-corrected chi connectivity index (χ3v) is 3.60. The molecule has 0 bridgehead atoms. The number of aryl methyl sites for hydroxylation is 1. The molecule has 2 aromatic rings. The second-order valence-corrected chi connectivity index (χ2v) is 5.16. The number of ether oxygens (including phenoxy) is 1. The molecule has 0 saturated carbocycles. The van der Waals surface area contributed by atoms with Gasteiger partial charge in [0, 0.05) is 18.7 Å². The Morgan fingerprint density at radius 3 is 2.67 bits per heavy atom. The molecule has 0 spiro atoms. The third kappa shape index (κ3) is 2.50. The Labute approximate surface area is 124 Å². The van der Waals surface area contributed by atoms with Crippen LogP contribution in [0.1, 0.15) is 17.2 Å². The Hall–Kier alpha value is -2.33. The molecule has 1 amide bonds. The summed E-state index contributed by atoms with van der Waals surface area (Å²) in [5, 5.41) is 0. The fourth-order valence-electron chi connectivity index (χ4n) is 2.57. The standard InChI is InChI=1S/C17H18N2O2/c1-12-7-8-14-15(11-12)21-16(13-5-3-2-4-6-13)17(20)19(14)10-9-18/h2-8,11,16H,9-10,18H2,1H3.